The number of carbonyl (C=O) groups excluding carboxylic acids is 2. The van der Waals surface area contributed by atoms with Gasteiger partial charge in [0.25, 0.3) is 0 Å². The van der Waals surface area contributed by atoms with E-state index < -0.39 is 12.0 Å². The number of hydrogen-bond acceptors (Lipinski definition) is 8. The fraction of sp³-hybridized carbons (Fsp3) is 0.517. The SMILES string of the molecule is C1CCNC1.CC.COCCOCc1cc(OC)c(-c2ccc(C[C@H](NC=O)C(=O)OC)cc2)c(OC)c1.[HH].[HH]. The molecule has 0 saturated carbocycles. The van der Waals surface area contributed by atoms with Crippen molar-refractivity contribution >= 4 is 12.4 Å². The van der Waals surface area contributed by atoms with Gasteiger partial charge in [0.1, 0.15) is 17.5 Å². The molecule has 0 unspecified atom stereocenters. The van der Waals surface area contributed by atoms with Gasteiger partial charge in [-0.2, -0.15) is 0 Å². The number of hydrogen-bond donors (Lipinski definition) is 2. The molecule has 1 fully saturated rings. The van der Waals surface area contributed by atoms with Crippen molar-refractivity contribution in [2.45, 2.75) is 45.8 Å². The maximum atomic E-state index is 11.8. The van der Waals surface area contributed by atoms with Crippen LogP contribution in [0.5, 0.6) is 11.5 Å². The van der Waals surface area contributed by atoms with E-state index in [1.165, 1.54) is 33.0 Å². The molecule has 9 nitrogen and oxygen atoms in total. The summed E-state index contributed by atoms with van der Waals surface area (Å²) >= 11 is 0. The van der Waals surface area contributed by atoms with E-state index in [9.17, 15) is 9.59 Å². The van der Waals surface area contributed by atoms with Crippen LogP contribution in [0.15, 0.2) is 36.4 Å². The number of methoxy groups -OCH3 is 4. The summed E-state index contributed by atoms with van der Waals surface area (Å²) < 4.78 is 26.6. The molecule has 1 heterocycles. The van der Waals surface area contributed by atoms with Gasteiger partial charge < -0.3 is 34.3 Å². The molecule has 3 rings (SSSR count). The predicted octanol–water partition coefficient (Wildman–Crippen LogP) is 4.25. The van der Waals surface area contributed by atoms with E-state index >= 15 is 0 Å². The van der Waals surface area contributed by atoms with Gasteiger partial charge in [-0.05, 0) is 54.8 Å². The molecule has 2 aromatic carbocycles. The van der Waals surface area contributed by atoms with Crippen LogP contribution in [0.1, 0.15) is 40.7 Å². The Kier molecular flexibility index (Phi) is 17.2. The zero-order chi connectivity index (χ0) is 28.2. The second kappa shape index (κ2) is 19.9. The van der Waals surface area contributed by atoms with Crippen molar-refractivity contribution < 1.29 is 36.1 Å². The number of ether oxygens (including phenoxy) is 5. The lowest BCUT2D eigenvalue weighted by Crippen LogP contribution is -2.38. The van der Waals surface area contributed by atoms with Crippen LogP contribution in [0.2, 0.25) is 0 Å². The third-order valence-electron chi connectivity index (χ3n) is 5.66. The minimum Gasteiger partial charge on any atom is -0.496 e. The van der Waals surface area contributed by atoms with E-state index in [4.69, 9.17) is 23.7 Å². The van der Waals surface area contributed by atoms with Crippen molar-refractivity contribution in [3.8, 4) is 22.6 Å². The van der Waals surface area contributed by atoms with Gasteiger partial charge in [-0.3, -0.25) is 4.79 Å². The highest BCUT2D eigenvalue weighted by molar-refractivity contribution is 5.79. The standard InChI is InChI=1S/C23H29NO7.C4H9N.C2H6.2H2/c1-27-9-10-31-14-17-12-20(28-2)22(21(13-17)29-3)18-7-5-16(6-8-18)11-19(24-15-25)23(26)30-4;1-2-4-5-3-1;1-2;;/h5-8,12-13,15,19H,9-11,14H2,1-4H3,(H,24,25);5H,1-4H2;1-2H3;2*1H/t19-;;;;/m0..../s1. The summed E-state index contributed by atoms with van der Waals surface area (Å²) in [6.45, 7) is 7.93. The summed E-state index contributed by atoms with van der Waals surface area (Å²) in [6, 6.07) is 10.7. The van der Waals surface area contributed by atoms with E-state index in [2.05, 4.69) is 10.6 Å². The molecule has 2 N–H and O–H groups in total. The molecule has 9 heteroatoms. The Morgan fingerprint density at radius 3 is 2.03 bits per heavy atom. The summed E-state index contributed by atoms with van der Waals surface area (Å²) in [6.07, 6.45) is 3.59. The number of nitrogens with one attached hydrogen (secondary N) is 2. The first-order valence-corrected chi connectivity index (χ1v) is 13.0. The molecule has 0 radical (unpaired) electrons. The van der Waals surface area contributed by atoms with E-state index in [0.717, 1.165) is 22.3 Å². The third-order valence-corrected chi connectivity index (χ3v) is 5.66. The maximum Gasteiger partial charge on any atom is 0.328 e. The normalized spacial score (nSPS) is 12.7. The quantitative estimate of drug-likeness (QED) is 0.222. The fourth-order valence-electron chi connectivity index (χ4n) is 3.77. The third kappa shape index (κ3) is 11.1. The Balaban J connectivity index is 0. The molecule has 0 aromatic heterocycles. The minimum atomic E-state index is -0.741. The summed E-state index contributed by atoms with van der Waals surface area (Å²) in [5.41, 5.74) is 3.50. The molecule has 1 saturated heterocycles. The number of amides is 1. The van der Waals surface area contributed by atoms with Gasteiger partial charge in [-0.25, -0.2) is 4.79 Å². The largest absolute Gasteiger partial charge is 0.496 e. The van der Waals surface area contributed by atoms with Gasteiger partial charge in [-0.1, -0.05) is 38.1 Å². The Morgan fingerprint density at radius 2 is 1.58 bits per heavy atom. The highest BCUT2D eigenvalue weighted by Crippen LogP contribution is 2.40. The first-order chi connectivity index (χ1) is 18.6. The molecule has 0 spiro atoms. The van der Waals surface area contributed by atoms with Crippen molar-refractivity contribution in [2.75, 3.05) is 54.7 Å². The van der Waals surface area contributed by atoms with Crippen molar-refractivity contribution in [1.29, 1.82) is 0 Å². The van der Waals surface area contributed by atoms with Crippen molar-refractivity contribution in [3.05, 3.63) is 47.5 Å². The van der Waals surface area contributed by atoms with Gasteiger partial charge in [0.15, 0.2) is 0 Å². The molecular formula is C29H48N2O7. The average Bonchev–Trinajstić information content (AvgIpc) is 3.56. The van der Waals surface area contributed by atoms with Crippen LogP contribution in [-0.4, -0.2) is 73.2 Å². The topological polar surface area (TPSA) is 104 Å². The van der Waals surface area contributed by atoms with Gasteiger partial charge in [0, 0.05) is 16.4 Å². The van der Waals surface area contributed by atoms with Crippen LogP contribution < -0.4 is 20.1 Å². The summed E-state index contributed by atoms with van der Waals surface area (Å²) in [4.78, 5) is 22.6. The molecular weight excluding hydrogens is 488 g/mol. The second-order valence-corrected chi connectivity index (χ2v) is 8.14. The smallest absolute Gasteiger partial charge is 0.328 e. The number of benzene rings is 2. The van der Waals surface area contributed by atoms with Crippen molar-refractivity contribution in [1.82, 2.24) is 10.6 Å². The van der Waals surface area contributed by atoms with Crippen LogP contribution in [0, 0.1) is 0 Å². The van der Waals surface area contributed by atoms with E-state index in [-0.39, 0.29) is 2.85 Å². The number of carbonyl (C=O) groups is 2. The first kappa shape index (κ1) is 32.9. The molecule has 1 atom stereocenters. The van der Waals surface area contributed by atoms with Crippen LogP contribution >= 0.6 is 0 Å². The molecule has 1 aliphatic heterocycles. The zero-order valence-corrected chi connectivity index (χ0v) is 23.6. The molecule has 1 aliphatic rings. The average molecular weight is 537 g/mol. The molecule has 0 bridgehead atoms. The number of rotatable bonds is 13. The van der Waals surface area contributed by atoms with Crippen LogP contribution in [-0.2, 0) is 36.8 Å². The maximum absolute atomic E-state index is 11.8. The van der Waals surface area contributed by atoms with Crippen LogP contribution in [0.25, 0.3) is 11.1 Å². The van der Waals surface area contributed by atoms with Crippen LogP contribution in [0.4, 0.5) is 0 Å². The second-order valence-electron chi connectivity index (χ2n) is 8.14. The summed E-state index contributed by atoms with van der Waals surface area (Å²) in [5, 5.41) is 5.70. The summed E-state index contributed by atoms with van der Waals surface area (Å²) in [5.74, 6) is 0.822. The van der Waals surface area contributed by atoms with Crippen molar-refractivity contribution in [2.24, 2.45) is 0 Å². The summed E-state index contributed by atoms with van der Waals surface area (Å²) in [7, 11) is 6.13. The zero-order valence-electron chi connectivity index (χ0n) is 23.6. The van der Waals surface area contributed by atoms with Gasteiger partial charge in [-0.15, -0.1) is 0 Å². The highest BCUT2D eigenvalue weighted by atomic mass is 16.5. The van der Waals surface area contributed by atoms with Crippen LogP contribution in [0.3, 0.4) is 0 Å². The lowest BCUT2D eigenvalue weighted by atomic mass is 9.98. The monoisotopic (exact) mass is 536 g/mol. The lowest BCUT2D eigenvalue weighted by Gasteiger charge is -2.17. The van der Waals surface area contributed by atoms with Gasteiger partial charge >= 0.3 is 5.97 Å². The van der Waals surface area contributed by atoms with E-state index in [1.54, 1.807) is 21.3 Å². The fourth-order valence-corrected chi connectivity index (χ4v) is 3.77. The van der Waals surface area contributed by atoms with Gasteiger partial charge in [0.05, 0.1) is 46.7 Å². The minimum absolute atomic E-state index is 0. The Morgan fingerprint density at radius 1 is 0.974 bits per heavy atom. The van der Waals surface area contributed by atoms with Crippen molar-refractivity contribution in [3.63, 3.8) is 0 Å². The lowest BCUT2D eigenvalue weighted by molar-refractivity contribution is -0.144. The Bertz CT molecular complexity index is 910. The van der Waals surface area contributed by atoms with Gasteiger partial charge in [0.2, 0.25) is 6.41 Å². The molecule has 1 amide bonds. The van der Waals surface area contributed by atoms with E-state index in [0.29, 0.717) is 44.2 Å². The molecule has 38 heavy (non-hydrogen) atoms. The number of esters is 1. The highest BCUT2D eigenvalue weighted by Gasteiger charge is 2.19. The Labute approximate surface area is 230 Å². The molecule has 2 aromatic rings. The van der Waals surface area contributed by atoms with E-state index in [1.807, 2.05) is 50.2 Å². The Hall–Kier alpha value is -3.14. The molecule has 0 aliphatic carbocycles. The molecule has 216 valence electrons. The predicted molar refractivity (Wildman–Crippen MR) is 153 cm³/mol. The first-order valence-electron chi connectivity index (χ1n) is 13.0.